The molecule has 1 aromatic carbocycles. The van der Waals surface area contributed by atoms with Crippen LogP contribution in [0.3, 0.4) is 0 Å². The maximum atomic E-state index is 9.32. The Hall–Kier alpha value is -0.683. The van der Waals surface area contributed by atoms with E-state index < -0.39 is 8.80 Å². The minimum absolute atomic E-state index is 0.320. The molecule has 0 radical (unpaired) electrons. The van der Waals surface area contributed by atoms with Crippen LogP contribution in [-0.4, -0.2) is 23.2 Å². The van der Waals surface area contributed by atoms with Gasteiger partial charge in [-0.05, 0) is 49.9 Å². The van der Waals surface area contributed by atoms with Gasteiger partial charge >= 0.3 is 8.80 Å². The lowest BCUT2D eigenvalue weighted by molar-refractivity contribution is 0.249. The lowest BCUT2D eigenvalue weighted by atomic mass is 10.0. The SMILES string of the molecule is Cc1cc(C)c([Si](O)(O)O)c(C)c1C. The van der Waals surface area contributed by atoms with Gasteiger partial charge in [-0.1, -0.05) is 6.07 Å². The van der Waals surface area contributed by atoms with Gasteiger partial charge < -0.3 is 14.4 Å². The molecule has 0 amide bonds. The Morgan fingerprint density at radius 2 is 1.36 bits per heavy atom. The molecule has 3 N–H and O–H groups in total. The Morgan fingerprint density at radius 3 is 1.79 bits per heavy atom. The van der Waals surface area contributed by atoms with Crippen molar-refractivity contribution in [2.75, 3.05) is 0 Å². The number of hydrogen-bond acceptors (Lipinski definition) is 3. The van der Waals surface area contributed by atoms with Gasteiger partial charge in [0, 0.05) is 5.19 Å². The van der Waals surface area contributed by atoms with Crippen molar-refractivity contribution in [1.82, 2.24) is 0 Å². The van der Waals surface area contributed by atoms with Crippen LogP contribution in [0.1, 0.15) is 22.3 Å². The van der Waals surface area contributed by atoms with Gasteiger partial charge in [0.25, 0.3) is 0 Å². The number of benzene rings is 1. The average molecular weight is 212 g/mol. The van der Waals surface area contributed by atoms with Crippen molar-refractivity contribution in [3.63, 3.8) is 0 Å². The van der Waals surface area contributed by atoms with E-state index in [4.69, 9.17) is 0 Å². The molecule has 78 valence electrons. The highest BCUT2D eigenvalue weighted by molar-refractivity contribution is 6.72. The molecule has 0 unspecified atom stereocenters. The van der Waals surface area contributed by atoms with Crippen LogP contribution in [0.4, 0.5) is 0 Å². The normalized spacial score (nSPS) is 11.9. The second-order valence-electron chi connectivity index (χ2n) is 3.77. The summed E-state index contributed by atoms with van der Waals surface area (Å²) in [7, 11) is -4.18. The molecular weight excluding hydrogens is 196 g/mol. The van der Waals surface area contributed by atoms with E-state index in [1.165, 1.54) is 0 Å². The van der Waals surface area contributed by atoms with E-state index in [1.807, 2.05) is 19.9 Å². The second-order valence-corrected chi connectivity index (χ2v) is 5.54. The summed E-state index contributed by atoms with van der Waals surface area (Å²) in [6.07, 6.45) is 0. The summed E-state index contributed by atoms with van der Waals surface area (Å²) in [5.74, 6) is 0. The standard InChI is InChI=1S/C10H16O3Si/c1-6-5-7(2)10(14(11,12)13)9(4)8(6)3/h5,11-13H,1-4H3. The van der Waals surface area contributed by atoms with Gasteiger partial charge in [-0.15, -0.1) is 0 Å². The Kier molecular flexibility index (Phi) is 2.82. The molecule has 0 aliphatic rings. The molecular formula is C10H16O3Si. The van der Waals surface area contributed by atoms with E-state index >= 15 is 0 Å². The monoisotopic (exact) mass is 212 g/mol. The maximum Gasteiger partial charge on any atom is 0.529 e. The first kappa shape index (κ1) is 11.4. The van der Waals surface area contributed by atoms with Crippen LogP contribution in [0, 0.1) is 27.7 Å². The fourth-order valence-electron chi connectivity index (χ4n) is 1.80. The van der Waals surface area contributed by atoms with Crippen molar-refractivity contribution in [2.24, 2.45) is 0 Å². The molecule has 1 rings (SSSR count). The van der Waals surface area contributed by atoms with E-state index in [0.717, 1.165) is 22.3 Å². The van der Waals surface area contributed by atoms with Gasteiger partial charge in [0.05, 0.1) is 0 Å². The van der Waals surface area contributed by atoms with Crippen molar-refractivity contribution in [3.05, 3.63) is 28.3 Å². The average Bonchev–Trinajstić information content (AvgIpc) is 1.97. The third kappa shape index (κ3) is 1.88. The van der Waals surface area contributed by atoms with Gasteiger partial charge in [0.2, 0.25) is 0 Å². The van der Waals surface area contributed by atoms with Gasteiger partial charge in [-0.25, -0.2) is 0 Å². The van der Waals surface area contributed by atoms with E-state index in [2.05, 4.69) is 0 Å². The van der Waals surface area contributed by atoms with Crippen LogP contribution in [0.15, 0.2) is 6.07 Å². The first-order chi connectivity index (χ1) is 6.25. The minimum Gasteiger partial charge on any atom is -0.386 e. The summed E-state index contributed by atoms with van der Waals surface area (Å²) in [5.41, 5.74) is 3.62. The van der Waals surface area contributed by atoms with Crippen molar-refractivity contribution >= 4 is 14.0 Å². The molecule has 14 heavy (non-hydrogen) atoms. The third-order valence-electron chi connectivity index (χ3n) is 2.69. The minimum atomic E-state index is -4.18. The lowest BCUT2D eigenvalue weighted by Crippen LogP contribution is -2.51. The van der Waals surface area contributed by atoms with Crippen molar-refractivity contribution in [3.8, 4) is 0 Å². The Balaban J connectivity index is 3.53. The van der Waals surface area contributed by atoms with Crippen LogP contribution < -0.4 is 5.19 Å². The van der Waals surface area contributed by atoms with Crippen LogP contribution in [0.5, 0.6) is 0 Å². The molecule has 3 nitrogen and oxygen atoms in total. The zero-order chi connectivity index (χ0) is 11.1. The van der Waals surface area contributed by atoms with Crippen LogP contribution >= 0.6 is 0 Å². The number of rotatable bonds is 1. The zero-order valence-corrected chi connectivity index (χ0v) is 9.92. The summed E-state index contributed by atoms with van der Waals surface area (Å²) in [6.45, 7) is 7.45. The molecule has 0 saturated heterocycles. The summed E-state index contributed by atoms with van der Waals surface area (Å²) >= 11 is 0. The molecule has 0 bridgehead atoms. The lowest BCUT2D eigenvalue weighted by Gasteiger charge is -2.18. The largest absolute Gasteiger partial charge is 0.529 e. The van der Waals surface area contributed by atoms with Gasteiger partial charge in [0.15, 0.2) is 0 Å². The van der Waals surface area contributed by atoms with Crippen molar-refractivity contribution in [1.29, 1.82) is 0 Å². The zero-order valence-electron chi connectivity index (χ0n) is 8.92. The van der Waals surface area contributed by atoms with E-state index in [9.17, 15) is 14.4 Å². The Labute approximate surface area is 85.0 Å². The number of hydrogen-bond donors (Lipinski definition) is 3. The summed E-state index contributed by atoms with van der Waals surface area (Å²) < 4.78 is 0. The number of aryl methyl sites for hydroxylation is 2. The Morgan fingerprint density at radius 1 is 0.857 bits per heavy atom. The fraction of sp³-hybridized carbons (Fsp3) is 0.400. The molecule has 0 spiro atoms. The molecule has 0 aliphatic heterocycles. The fourth-order valence-corrected chi connectivity index (χ4v) is 3.09. The third-order valence-corrected chi connectivity index (χ3v) is 4.13. The van der Waals surface area contributed by atoms with Crippen LogP contribution in [0.2, 0.25) is 0 Å². The molecule has 1 aromatic rings. The summed E-state index contributed by atoms with van der Waals surface area (Å²) in [5, 5.41) is 0.320. The van der Waals surface area contributed by atoms with E-state index in [0.29, 0.717) is 5.19 Å². The van der Waals surface area contributed by atoms with E-state index in [1.54, 1.807) is 13.8 Å². The second kappa shape index (κ2) is 3.47. The van der Waals surface area contributed by atoms with E-state index in [-0.39, 0.29) is 0 Å². The predicted octanol–water partition coefficient (Wildman–Crippen LogP) is 0.0431. The molecule has 0 heterocycles. The maximum absolute atomic E-state index is 9.32. The van der Waals surface area contributed by atoms with Crippen LogP contribution in [-0.2, 0) is 0 Å². The molecule has 0 saturated carbocycles. The molecule has 0 fully saturated rings. The van der Waals surface area contributed by atoms with Gasteiger partial charge in [0.1, 0.15) is 0 Å². The predicted molar refractivity (Wildman–Crippen MR) is 57.4 cm³/mol. The highest BCUT2D eigenvalue weighted by atomic mass is 28.4. The molecule has 0 aromatic heterocycles. The molecule has 4 heteroatoms. The topological polar surface area (TPSA) is 60.7 Å². The van der Waals surface area contributed by atoms with Crippen LogP contribution in [0.25, 0.3) is 0 Å². The van der Waals surface area contributed by atoms with Gasteiger partial charge in [-0.3, -0.25) is 0 Å². The van der Waals surface area contributed by atoms with Gasteiger partial charge in [-0.2, -0.15) is 0 Å². The summed E-state index contributed by atoms with van der Waals surface area (Å²) in [6, 6.07) is 1.86. The highest BCUT2D eigenvalue weighted by Crippen LogP contribution is 2.14. The first-order valence-corrected chi connectivity index (χ1v) is 6.34. The first-order valence-electron chi connectivity index (χ1n) is 4.50. The summed E-state index contributed by atoms with van der Waals surface area (Å²) in [4.78, 5) is 27.9. The van der Waals surface area contributed by atoms with Crippen molar-refractivity contribution < 1.29 is 14.4 Å². The smallest absolute Gasteiger partial charge is 0.386 e. The Bertz CT molecular complexity index is 367. The highest BCUT2D eigenvalue weighted by Gasteiger charge is 2.34. The quantitative estimate of drug-likeness (QED) is 0.576. The molecule has 0 aliphatic carbocycles. The van der Waals surface area contributed by atoms with Crippen molar-refractivity contribution in [2.45, 2.75) is 27.7 Å². The molecule has 0 atom stereocenters.